The van der Waals surface area contributed by atoms with E-state index in [1.807, 2.05) is 26.0 Å². The van der Waals surface area contributed by atoms with Gasteiger partial charge in [-0.05, 0) is 38.1 Å². The molecule has 2 aromatic carbocycles. The average molecular weight is 330 g/mol. The minimum atomic E-state index is -3.68. The molecule has 0 aliphatic heterocycles. The van der Waals surface area contributed by atoms with Crippen molar-refractivity contribution in [2.75, 3.05) is 0 Å². The SMILES string of the molecule is CC=COc1ccccc1C=NNS(=O)(=O)c1ccc(C)cc1. The van der Waals surface area contributed by atoms with Crippen molar-refractivity contribution in [3.8, 4) is 5.75 Å². The maximum Gasteiger partial charge on any atom is 0.276 e. The molecule has 2 aromatic rings. The van der Waals surface area contributed by atoms with E-state index in [-0.39, 0.29) is 4.90 Å². The van der Waals surface area contributed by atoms with Gasteiger partial charge in [-0.3, -0.25) is 0 Å². The zero-order valence-electron chi connectivity index (χ0n) is 12.9. The van der Waals surface area contributed by atoms with Gasteiger partial charge in [-0.2, -0.15) is 13.5 Å². The van der Waals surface area contributed by atoms with Crippen molar-refractivity contribution in [2.24, 2.45) is 5.10 Å². The Balaban J connectivity index is 2.14. The Morgan fingerprint density at radius 2 is 1.78 bits per heavy atom. The maximum atomic E-state index is 12.1. The van der Waals surface area contributed by atoms with Gasteiger partial charge >= 0.3 is 0 Å². The van der Waals surface area contributed by atoms with Crippen molar-refractivity contribution in [1.82, 2.24) is 4.83 Å². The van der Waals surface area contributed by atoms with Crippen LogP contribution < -0.4 is 9.57 Å². The Hall–Kier alpha value is -2.60. The van der Waals surface area contributed by atoms with E-state index in [4.69, 9.17) is 4.74 Å². The van der Waals surface area contributed by atoms with Gasteiger partial charge in [0.1, 0.15) is 5.75 Å². The molecule has 120 valence electrons. The van der Waals surface area contributed by atoms with Gasteiger partial charge in [0.2, 0.25) is 0 Å². The molecule has 1 N–H and O–H groups in total. The van der Waals surface area contributed by atoms with Crippen molar-refractivity contribution >= 4 is 16.2 Å². The largest absolute Gasteiger partial charge is 0.465 e. The number of rotatable bonds is 6. The highest BCUT2D eigenvalue weighted by Gasteiger charge is 2.11. The lowest BCUT2D eigenvalue weighted by atomic mass is 10.2. The molecule has 23 heavy (non-hydrogen) atoms. The van der Waals surface area contributed by atoms with Crippen LogP contribution in [0.4, 0.5) is 0 Å². The van der Waals surface area contributed by atoms with Crippen LogP contribution in [-0.4, -0.2) is 14.6 Å². The molecule has 0 saturated carbocycles. The van der Waals surface area contributed by atoms with E-state index in [0.29, 0.717) is 11.3 Å². The zero-order valence-corrected chi connectivity index (χ0v) is 13.7. The summed E-state index contributed by atoms with van der Waals surface area (Å²) in [7, 11) is -3.68. The number of aryl methyl sites for hydroxylation is 1. The Morgan fingerprint density at radius 3 is 2.48 bits per heavy atom. The van der Waals surface area contributed by atoms with Gasteiger partial charge in [0.05, 0.1) is 17.4 Å². The highest BCUT2D eigenvalue weighted by Crippen LogP contribution is 2.16. The van der Waals surface area contributed by atoms with Crippen LogP contribution in [0.2, 0.25) is 0 Å². The van der Waals surface area contributed by atoms with Gasteiger partial charge in [0.15, 0.2) is 0 Å². The number of sulfonamides is 1. The molecule has 0 amide bonds. The molecule has 2 rings (SSSR count). The summed E-state index contributed by atoms with van der Waals surface area (Å²) in [5.41, 5.74) is 1.65. The molecule has 6 heteroatoms. The van der Waals surface area contributed by atoms with Crippen LogP contribution in [0.1, 0.15) is 18.1 Å². The quantitative estimate of drug-likeness (QED) is 0.502. The summed E-state index contributed by atoms with van der Waals surface area (Å²) in [4.78, 5) is 2.36. The van der Waals surface area contributed by atoms with Crippen LogP contribution >= 0.6 is 0 Å². The molecule has 0 saturated heterocycles. The third-order valence-electron chi connectivity index (χ3n) is 2.96. The Labute approximate surface area is 136 Å². The van der Waals surface area contributed by atoms with E-state index in [9.17, 15) is 8.42 Å². The van der Waals surface area contributed by atoms with Crippen LogP contribution in [0.3, 0.4) is 0 Å². The minimum absolute atomic E-state index is 0.165. The molecule has 0 heterocycles. The monoisotopic (exact) mass is 330 g/mol. The lowest BCUT2D eigenvalue weighted by Crippen LogP contribution is -2.18. The smallest absolute Gasteiger partial charge is 0.276 e. The predicted molar refractivity (Wildman–Crippen MR) is 91.0 cm³/mol. The molecule has 5 nitrogen and oxygen atoms in total. The van der Waals surface area contributed by atoms with E-state index in [2.05, 4.69) is 9.93 Å². The van der Waals surface area contributed by atoms with Crippen molar-refractivity contribution in [2.45, 2.75) is 18.7 Å². The summed E-state index contributed by atoms with van der Waals surface area (Å²) in [6, 6.07) is 13.7. The van der Waals surface area contributed by atoms with Gasteiger partial charge in [0, 0.05) is 5.56 Å². The fourth-order valence-corrected chi connectivity index (χ4v) is 2.56. The summed E-state index contributed by atoms with van der Waals surface area (Å²) in [5.74, 6) is 0.587. The average Bonchev–Trinajstić information content (AvgIpc) is 2.54. The Kier molecular flexibility index (Phi) is 5.54. The normalized spacial score (nSPS) is 11.9. The molecule has 0 atom stereocenters. The predicted octanol–water partition coefficient (Wildman–Crippen LogP) is 3.22. The van der Waals surface area contributed by atoms with Gasteiger partial charge in [0.25, 0.3) is 10.0 Å². The van der Waals surface area contributed by atoms with Gasteiger partial charge in [-0.25, -0.2) is 4.83 Å². The molecule has 0 aromatic heterocycles. The van der Waals surface area contributed by atoms with Crippen LogP contribution in [0, 0.1) is 6.92 Å². The van der Waals surface area contributed by atoms with Crippen LogP contribution in [0.25, 0.3) is 0 Å². The lowest BCUT2D eigenvalue weighted by Gasteiger charge is -2.05. The number of hydrogen-bond donors (Lipinski definition) is 1. The van der Waals surface area contributed by atoms with Crippen molar-refractivity contribution < 1.29 is 13.2 Å². The number of ether oxygens (including phenoxy) is 1. The topological polar surface area (TPSA) is 67.8 Å². The summed E-state index contributed by atoms with van der Waals surface area (Å²) in [6.07, 6.45) is 4.71. The first-order valence-electron chi connectivity index (χ1n) is 7.01. The van der Waals surface area contributed by atoms with Gasteiger partial charge < -0.3 is 4.74 Å². The van der Waals surface area contributed by atoms with E-state index < -0.39 is 10.0 Å². The first-order chi connectivity index (χ1) is 11.0. The second kappa shape index (κ2) is 7.60. The molecule has 0 unspecified atom stereocenters. The van der Waals surface area contributed by atoms with Crippen molar-refractivity contribution in [1.29, 1.82) is 0 Å². The summed E-state index contributed by atoms with van der Waals surface area (Å²) < 4.78 is 29.7. The number of hydrogen-bond acceptors (Lipinski definition) is 4. The third kappa shape index (κ3) is 4.69. The lowest BCUT2D eigenvalue weighted by molar-refractivity contribution is 0.479. The number of nitrogens with one attached hydrogen (secondary N) is 1. The van der Waals surface area contributed by atoms with E-state index in [1.54, 1.807) is 36.6 Å². The molecular weight excluding hydrogens is 312 g/mol. The van der Waals surface area contributed by atoms with E-state index in [0.717, 1.165) is 5.56 Å². The summed E-state index contributed by atoms with van der Waals surface area (Å²) in [6.45, 7) is 3.73. The second-order valence-electron chi connectivity index (χ2n) is 4.79. The summed E-state index contributed by atoms with van der Waals surface area (Å²) in [5, 5.41) is 3.81. The fraction of sp³-hybridized carbons (Fsp3) is 0.118. The molecule has 0 radical (unpaired) electrons. The standard InChI is InChI=1S/C17H18N2O3S/c1-3-12-22-17-7-5-4-6-15(17)13-18-19-23(20,21)16-10-8-14(2)9-11-16/h3-13,19H,1-2H3. The first kappa shape index (κ1) is 16.8. The van der Waals surface area contributed by atoms with Gasteiger partial charge in [-0.1, -0.05) is 35.9 Å². The molecular formula is C17H18N2O3S. The van der Waals surface area contributed by atoms with Crippen molar-refractivity contribution in [3.05, 3.63) is 72.0 Å². The molecule has 0 spiro atoms. The number of hydrazone groups is 1. The van der Waals surface area contributed by atoms with Gasteiger partial charge in [-0.15, -0.1) is 0 Å². The highest BCUT2D eigenvalue weighted by molar-refractivity contribution is 7.89. The zero-order chi connectivity index (χ0) is 16.7. The van der Waals surface area contributed by atoms with Crippen molar-refractivity contribution in [3.63, 3.8) is 0 Å². The number of benzene rings is 2. The van der Waals surface area contributed by atoms with Crippen LogP contribution in [0.15, 0.2) is 70.9 Å². The first-order valence-corrected chi connectivity index (χ1v) is 8.49. The van der Waals surface area contributed by atoms with Crippen LogP contribution in [0.5, 0.6) is 5.75 Å². The molecule has 0 aliphatic rings. The van der Waals surface area contributed by atoms with Crippen LogP contribution in [-0.2, 0) is 10.0 Å². The number of para-hydroxylation sites is 1. The minimum Gasteiger partial charge on any atom is -0.465 e. The number of allylic oxidation sites excluding steroid dienone is 1. The summed E-state index contributed by atoms with van der Waals surface area (Å²) >= 11 is 0. The highest BCUT2D eigenvalue weighted by atomic mass is 32.2. The third-order valence-corrected chi connectivity index (χ3v) is 4.20. The second-order valence-corrected chi connectivity index (χ2v) is 6.45. The maximum absolute atomic E-state index is 12.1. The Bertz CT molecular complexity index is 810. The number of nitrogens with zero attached hydrogens (tertiary/aromatic N) is 1. The van der Waals surface area contributed by atoms with E-state index in [1.165, 1.54) is 18.3 Å². The molecule has 0 fully saturated rings. The fourth-order valence-electron chi connectivity index (χ4n) is 1.77. The molecule has 0 bridgehead atoms. The molecule has 0 aliphatic carbocycles. The van der Waals surface area contributed by atoms with E-state index >= 15 is 0 Å². The Morgan fingerprint density at radius 1 is 1.09 bits per heavy atom.